The fourth-order valence-corrected chi connectivity index (χ4v) is 1.54. The Bertz CT molecular complexity index is 592. The first kappa shape index (κ1) is 12.1. The summed E-state index contributed by atoms with van der Waals surface area (Å²) in [6.07, 6.45) is 2.86. The summed E-state index contributed by atoms with van der Waals surface area (Å²) in [5.74, 6) is 1.15. The summed E-state index contributed by atoms with van der Waals surface area (Å²) >= 11 is 5.91. The first-order chi connectivity index (χ1) is 8.72. The maximum absolute atomic E-state index is 8.63. The summed E-state index contributed by atoms with van der Waals surface area (Å²) in [5, 5.41) is 12.2. The van der Waals surface area contributed by atoms with Gasteiger partial charge in [-0.3, -0.25) is 0 Å². The molecule has 0 fully saturated rings. The van der Waals surface area contributed by atoms with Crippen LogP contribution in [0.3, 0.4) is 0 Å². The topological polar surface area (TPSA) is 70.8 Å². The quantitative estimate of drug-likeness (QED) is 0.919. The van der Waals surface area contributed by atoms with Crippen molar-refractivity contribution < 1.29 is 4.74 Å². The molecule has 0 amide bonds. The average Bonchev–Trinajstić information content (AvgIpc) is 2.40. The van der Waals surface area contributed by atoms with Gasteiger partial charge in [0.2, 0.25) is 0 Å². The molecule has 0 radical (unpaired) electrons. The third kappa shape index (κ3) is 2.67. The smallest absolute Gasteiger partial charge is 0.158 e. The van der Waals surface area contributed by atoms with E-state index in [0.29, 0.717) is 22.3 Å². The largest absolute Gasteiger partial charge is 0.495 e. The standard InChI is InChI=1S/C12H9ClN4O/c1-18-11-3-2-8(13)4-10(11)17-12-7-15-9(5-14)6-16-12/h2-4,6-7H,1H3,(H,16,17). The predicted molar refractivity (Wildman–Crippen MR) is 68.0 cm³/mol. The van der Waals surface area contributed by atoms with Crippen molar-refractivity contribution in [2.45, 2.75) is 0 Å². The lowest BCUT2D eigenvalue weighted by molar-refractivity contribution is 0.417. The van der Waals surface area contributed by atoms with Gasteiger partial charge in [0.1, 0.15) is 17.6 Å². The van der Waals surface area contributed by atoms with E-state index in [2.05, 4.69) is 15.3 Å². The van der Waals surface area contributed by atoms with Crippen LogP contribution in [0.4, 0.5) is 11.5 Å². The van der Waals surface area contributed by atoms with Crippen LogP contribution in [0.1, 0.15) is 5.69 Å². The van der Waals surface area contributed by atoms with E-state index in [4.69, 9.17) is 21.6 Å². The van der Waals surface area contributed by atoms with Crippen LogP contribution in [0.5, 0.6) is 5.75 Å². The molecule has 0 aliphatic rings. The first-order valence-electron chi connectivity index (χ1n) is 5.05. The van der Waals surface area contributed by atoms with Crippen LogP contribution in [-0.4, -0.2) is 17.1 Å². The van der Waals surface area contributed by atoms with Gasteiger partial charge in [0, 0.05) is 5.02 Å². The monoisotopic (exact) mass is 260 g/mol. The Kier molecular flexibility index (Phi) is 3.60. The summed E-state index contributed by atoms with van der Waals surface area (Å²) in [7, 11) is 1.57. The number of benzene rings is 1. The Morgan fingerprint density at radius 3 is 2.78 bits per heavy atom. The number of halogens is 1. The second-order valence-corrected chi connectivity index (χ2v) is 3.80. The SMILES string of the molecule is COc1ccc(Cl)cc1Nc1cnc(C#N)cn1. The third-order valence-electron chi connectivity index (χ3n) is 2.19. The van der Waals surface area contributed by atoms with Crippen LogP contribution in [0.25, 0.3) is 0 Å². The van der Waals surface area contributed by atoms with Crippen LogP contribution in [-0.2, 0) is 0 Å². The number of anilines is 2. The molecule has 0 saturated heterocycles. The Hall–Kier alpha value is -2.32. The summed E-state index contributed by atoms with van der Waals surface area (Å²) in [6.45, 7) is 0. The Morgan fingerprint density at radius 1 is 1.33 bits per heavy atom. The van der Waals surface area contributed by atoms with E-state index in [-0.39, 0.29) is 5.69 Å². The summed E-state index contributed by atoms with van der Waals surface area (Å²) in [5.41, 5.74) is 0.947. The molecular weight excluding hydrogens is 252 g/mol. The molecule has 0 aliphatic heterocycles. The Morgan fingerprint density at radius 2 is 2.17 bits per heavy atom. The lowest BCUT2D eigenvalue weighted by Crippen LogP contribution is -1.98. The van der Waals surface area contributed by atoms with E-state index in [9.17, 15) is 0 Å². The zero-order chi connectivity index (χ0) is 13.0. The fraction of sp³-hybridized carbons (Fsp3) is 0.0833. The van der Waals surface area contributed by atoms with Gasteiger partial charge >= 0.3 is 0 Å². The second-order valence-electron chi connectivity index (χ2n) is 3.37. The number of nitrogens with one attached hydrogen (secondary N) is 1. The minimum atomic E-state index is 0.263. The van der Waals surface area contributed by atoms with Gasteiger partial charge in [-0.05, 0) is 18.2 Å². The minimum absolute atomic E-state index is 0.263. The molecule has 1 heterocycles. The lowest BCUT2D eigenvalue weighted by atomic mass is 10.3. The summed E-state index contributed by atoms with van der Waals surface area (Å²) in [4.78, 5) is 7.97. The van der Waals surface area contributed by atoms with Crippen LogP contribution >= 0.6 is 11.6 Å². The first-order valence-corrected chi connectivity index (χ1v) is 5.43. The van der Waals surface area contributed by atoms with Crippen molar-refractivity contribution in [2.24, 2.45) is 0 Å². The molecule has 1 N–H and O–H groups in total. The second kappa shape index (κ2) is 5.34. The molecule has 5 nitrogen and oxygen atoms in total. The van der Waals surface area contributed by atoms with Crippen molar-refractivity contribution in [3.8, 4) is 11.8 Å². The number of ether oxygens (including phenoxy) is 1. The molecule has 0 atom stereocenters. The summed E-state index contributed by atoms with van der Waals surface area (Å²) < 4.78 is 5.20. The maximum Gasteiger partial charge on any atom is 0.158 e. The van der Waals surface area contributed by atoms with E-state index in [1.54, 1.807) is 25.3 Å². The van der Waals surface area contributed by atoms with E-state index in [1.807, 2.05) is 6.07 Å². The highest BCUT2D eigenvalue weighted by Crippen LogP contribution is 2.29. The number of methoxy groups -OCH3 is 1. The van der Waals surface area contributed by atoms with Gasteiger partial charge in [-0.25, -0.2) is 9.97 Å². The van der Waals surface area contributed by atoms with Crippen molar-refractivity contribution in [2.75, 3.05) is 12.4 Å². The highest BCUT2D eigenvalue weighted by atomic mass is 35.5. The lowest BCUT2D eigenvalue weighted by Gasteiger charge is -2.10. The normalized spacial score (nSPS) is 9.61. The van der Waals surface area contributed by atoms with Crippen molar-refractivity contribution in [1.29, 1.82) is 5.26 Å². The molecule has 2 rings (SSSR count). The van der Waals surface area contributed by atoms with E-state index in [0.717, 1.165) is 0 Å². The zero-order valence-corrected chi connectivity index (χ0v) is 10.3. The highest BCUT2D eigenvalue weighted by Gasteiger charge is 2.05. The highest BCUT2D eigenvalue weighted by molar-refractivity contribution is 6.30. The zero-order valence-electron chi connectivity index (χ0n) is 9.51. The van der Waals surface area contributed by atoms with Gasteiger partial charge < -0.3 is 10.1 Å². The van der Waals surface area contributed by atoms with Crippen LogP contribution in [0.2, 0.25) is 5.02 Å². The van der Waals surface area contributed by atoms with Gasteiger partial charge in [-0.15, -0.1) is 0 Å². The molecule has 90 valence electrons. The molecule has 0 aliphatic carbocycles. The molecule has 2 aromatic rings. The molecule has 0 bridgehead atoms. The molecule has 0 unspecified atom stereocenters. The Balaban J connectivity index is 2.27. The average molecular weight is 261 g/mol. The minimum Gasteiger partial charge on any atom is -0.495 e. The van der Waals surface area contributed by atoms with E-state index >= 15 is 0 Å². The molecule has 0 spiro atoms. The maximum atomic E-state index is 8.63. The van der Waals surface area contributed by atoms with Gasteiger partial charge in [0.05, 0.1) is 25.2 Å². The number of nitrogens with zero attached hydrogens (tertiary/aromatic N) is 3. The molecule has 1 aromatic heterocycles. The van der Waals surface area contributed by atoms with Gasteiger partial charge in [0.25, 0.3) is 0 Å². The molecule has 18 heavy (non-hydrogen) atoms. The summed E-state index contributed by atoms with van der Waals surface area (Å²) in [6, 6.07) is 7.11. The van der Waals surface area contributed by atoms with E-state index in [1.165, 1.54) is 12.4 Å². The third-order valence-corrected chi connectivity index (χ3v) is 2.43. The number of nitriles is 1. The van der Waals surface area contributed by atoms with Crippen molar-refractivity contribution in [3.63, 3.8) is 0 Å². The number of hydrogen-bond acceptors (Lipinski definition) is 5. The van der Waals surface area contributed by atoms with Crippen molar-refractivity contribution >= 4 is 23.1 Å². The van der Waals surface area contributed by atoms with E-state index < -0.39 is 0 Å². The molecule has 0 saturated carbocycles. The molecule has 6 heteroatoms. The van der Waals surface area contributed by atoms with Crippen molar-refractivity contribution in [3.05, 3.63) is 41.3 Å². The van der Waals surface area contributed by atoms with Crippen LogP contribution < -0.4 is 10.1 Å². The molecule has 1 aromatic carbocycles. The van der Waals surface area contributed by atoms with Gasteiger partial charge in [0.15, 0.2) is 5.69 Å². The van der Waals surface area contributed by atoms with Gasteiger partial charge in [-0.1, -0.05) is 11.6 Å². The number of rotatable bonds is 3. The van der Waals surface area contributed by atoms with Gasteiger partial charge in [-0.2, -0.15) is 5.26 Å². The number of aromatic nitrogens is 2. The number of hydrogen-bond donors (Lipinski definition) is 1. The van der Waals surface area contributed by atoms with Crippen LogP contribution in [0, 0.1) is 11.3 Å². The van der Waals surface area contributed by atoms with Crippen LogP contribution in [0.15, 0.2) is 30.6 Å². The Labute approximate surface area is 109 Å². The van der Waals surface area contributed by atoms with Crippen molar-refractivity contribution in [1.82, 2.24) is 9.97 Å². The molecular formula is C12H9ClN4O. The fourth-order valence-electron chi connectivity index (χ4n) is 1.37. The predicted octanol–water partition coefficient (Wildman–Crippen LogP) is 2.75.